The first-order valence-corrected chi connectivity index (χ1v) is 5.98. The molecular weight excluding hydrogens is 242 g/mol. The molecule has 0 bridgehead atoms. The summed E-state index contributed by atoms with van der Waals surface area (Å²) in [5.74, 6) is -0.292. The van der Waals surface area contributed by atoms with Gasteiger partial charge in [-0.3, -0.25) is 4.79 Å². The standard InChI is InChI=1S/C12H16F2N2O2/c13-11(14)8-15-5-2-4-10(15)12(18)16-6-1-3-9(17)7-16/h2,4-5,9,11,17H,1,3,6-8H2. The van der Waals surface area contributed by atoms with Crippen LogP contribution >= 0.6 is 0 Å². The molecule has 1 aliphatic heterocycles. The quantitative estimate of drug-likeness (QED) is 0.889. The molecule has 1 fully saturated rings. The molecule has 1 N–H and O–H groups in total. The molecule has 1 unspecified atom stereocenters. The van der Waals surface area contributed by atoms with Gasteiger partial charge in [-0.2, -0.15) is 0 Å². The second-order valence-electron chi connectivity index (χ2n) is 4.48. The molecular formula is C12H16F2N2O2. The summed E-state index contributed by atoms with van der Waals surface area (Å²) in [6.07, 6.45) is -0.110. The third-order valence-corrected chi connectivity index (χ3v) is 3.07. The summed E-state index contributed by atoms with van der Waals surface area (Å²) in [5, 5.41) is 9.52. The molecule has 6 heteroatoms. The van der Waals surface area contributed by atoms with Gasteiger partial charge in [0.2, 0.25) is 0 Å². The lowest BCUT2D eigenvalue weighted by molar-refractivity contribution is 0.0459. The molecule has 2 rings (SSSR count). The third-order valence-electron chi connectivity index (χ3n) is 3.07. The largest absolute Gasteiger partial charge is 0.391 e. The Morgan fingerprint density at radius 2 is 2.33 bits per heavy atom. The molecule has 1 aromatic heterocycles. The van der Waals surface area contributed by atoms with Gasteiger partial charge in [-0.05, 0) is 25.0 Å². The van der Waals surface area contributed by atoms with Gasteiger partial charge in [-0.15, -0.1) is 0 Å². The Hall–Kier alpha value is -1.43. The number of hydrogen-bond acceptors (Lipinski definition) is 2. The monoisotopic (exact) mass is 258 g/mol. The van der Waals surface area contributed by atoms with E-state index in [-0.39, 0.29) is 18.1 Å². The molecule has 1 amide bonds. The van der Waals surface area contributed by atoms with Crippen LogP contribution in [0.1, 0.15) is 23.3 Å². The number of alkyl halides is 2. The molecule has 4 nitrogen and oxygen atoms in total. The fourth-order valence-electron chi connectivity index (χ4n) is 2.22. The summed E-state index contributed by atoms with van der Waals surface area (Å²) < 4.78 is 26.0. The van der Waals surface area contributed by atoms with E-state index in [9.17, 15) is 18.7 Å². The van der Waals surface area contributed by atoms with Crippen molar-refractivity contribution in [2.75, 3.05) is 13.1 Å². The number of aliphatic hydroxyl groups excluding tert-OH is 1. The molecule has 18 heavy (non-hydrogen) atoms. The smallest absolute Gasteiger partial charge is 0.270 e. The van der Waals surface area contributed by atoms with E-state index in [1.165, 1.54) is 21.7 Å². The molecule has 0 saturated carbocycles. The van der Waals surface area contributed by atoms with E-state index >= 15 is 0 Å². The lowest BCUT2D eigenvalue weighted by Gasteiger charge is -2.30. The van der Waals surface area contributed by atoms with E-state index in [1.807, 2.05) is 0 Å². The van der Waals surface area contributed by atoms with Gasteiger partial charge in [0.1, 0.15) is 5.69 Å². The minimum Gasteiger partial charge on any atom is -0.391 e. The van der Waals surface area contributed by atoms with Crippen LogP contribution in [0.25, 0.3) is 0 Å². The number of rotatable bonds is 3. The first kappa shape index (κ1) is 13.0. The highest BCUT2D eigenvalue weighted by Crippen LogP contribution is 2.15. The highest BCUT2D eigenvalue weighted by atomic mass is 19.3. The van der Waals surface area contributed by atoms with Crippen molar-refractivity contribution in [1.29, 1.82) is 0 Å². The molecule has 1 atom stereocenters. The maximum atomic E-state index is 12.4. The number of β-amino-alcohol motifs (C(OH)–C–C–N with tert-alkyl or cyclic N) is 1. The van der Waals surface area contributed by atoms with Crippen molar-refractivity contribution in [2.45, 2.75) is 31.9 Å². The van der Waals surface area contributed by atoms with Gasteiger partial charge in [-0.1, -0.05) is 0 Å². The highest BCUT2D eigenvalue weighted by Gasteiger charge is 2.25. The molecule has 2 heterocycles. The number of piperidine rings is 1. The molecule has 0 spiro atoms. The zero-order chi connectivity index (χ0) is 13.1. The Bertz CT molecular complexity index is 420. The third kappa shape index (κ3) is 2.87. The second kappa shape index (κ2) is 5.48. The SMILES string of the molecule is O=C(c1cccn1CC(F)F)N1CCCC(O)C1. The average molecular weight is 258 g/mol. The van der Waals surface area contributed by atoms with Gasteiger partial charge in [0.15, 0.2) is 0 Å². The number of nitrogens with zero attached hydrogens (tertiary/aromatic N) is 2. The lowest BCUT2D eigenvalue weighted by Crippen LogP contribution is -2.42. The molecule has 1 aromatic rings. The number of likely N-dealkylation sites (tertiary alicyclic amines) is 1. The van der Waals surface area contributed by atoms with Gasteiger partial charge >= 0.3 is 0 Å². The molecule has 100 valence electrons. The molecule has 1 saturated heterocycles. The Morgan fingerprint density at radius 1 is 1.56 bits per heavy atom. The fraction of sp³-hybridized carbons (Fsp3) is 0.583. The summed E-state index contributed by atoms with van der Waals surface area (Å²) in [6, 6.07) is 3.11. The van der Waals surface area contributed by atoms with E-state index < -0.39 is 19.1 Å². The number of aliphatic hydroxyl groups is 1. The van der Waals surface area contributed by atoms with Crippen molar-refractivity contribution < 1.29 is 18.7 Å². The van der Waals surface area contributed by atoms with Crippen LogP contribution in [0.5, 0.6) is 0 Å². The fourth-order valence-corrected chi connectivity index (χ4v) is 2.22. The van der Waals surface area contributed by atoms with Crippen LogP contribution in [0.3, 0.4) is 0 Å². The first-order chi connectivity index (χ1) is 8.58. The predicted octanol–water partition coefficient (Wildman–Crippen LogP) is 1.35. The number of halogens is 2. The van der Waals surface area contributed by atoms with Gasteiger partial charge in [0, 0.05) is 19.3 Å². The van der Waals surface area contributed by atoms with Crippen LogP contribution in [-0.2, 0) is 6.54 Å². The first-order valence-electron chi connectivity index (χ1n) is 5.98. The molecule has 0 radical (unpaired) electrons. The maximum Gasteiger partial charge on any atom is 0.270 e. The Balaban J connectivity index is 2.10. The number of carbonyl (C=O) groups is 1. The van der Waals surface area contributed by atoms with E-state index in [4.69, 9.17) is 0 Å². The predicted molar refractivity (Wildman–Crippen MR) is 61.6 cm³/mol. The second-order valence-corrected chi connectivity index (χ2v) is 4.48. The minimum atomic E-state index is -2.49. The van der Waals surface area contributed by atoms with Gasteiger partial charge in [-0.25, -0.2) is 8.78 Å². The summed E-state index contributed by atoms with van der Waals surface area (Å²) >= 11 is 0. The van der Waals surface area contributed by atoms with Crippen molar-refractivity contribution in [2.24, 2.45) is 0 Å². The van der Waals surface area contributed by atoms with Crippen LogP contribution in [0.2, 0.25) is 0 Å². The number of hydrogen-bond donors (Lipinski definition) is 1. The van der Waals surface area contributed by atoms with E-state index in [0.717, 1.165) is 6.42 Å². The van der Waals surface area contributed by atoms with E-state index in [1.54, 1.807) is 6.07 Å². The Morgan fingerprint density at radius 3 is 3.00 bits per heavy atom. The summed E-state index contributed by atoms with van der Waals surface area (Å²) in [7, 11) is 0. The summed E-state index contributed by atoms with van der Waals surface area (Å²) in [5.41, 5.74) is 0.254. The zero-order valence-corrected chi connectivity index (χ0v) is 9.93. The Labute approximate surface area is 104 Å². The number of amides is 1. The summed E-state index contributed by atoms with van der Waals surface area (Å²) in [4.78, 5) is 13.7. The van der Waals surface area contributed by atoms with Crippen LogP contribution in [-0.4, -0.2) is 46.1 Å². The number of aromatic nitrogens is 1. The van der Waals surface area contributed by atoms with Crippen LogP contribution in [0.4, 0.5) is 8.78 Å². The van der Waals surface area contributed by atoms with Crippen LogP contribution in [0.15, 0.2) is 18.3 Å². The number of carbonyl (C=O) groups excluding carboxylic acids is 1. The highest BCUT2D eigenvalue weighted by molar-refractivity contribution is 5.92. The van der Waals surface area contributed by atoms with E-state index in [2.05, 4.69) is 0 Å². The van der Waals surface area contributed by atoms with Crippen molar-refractivity contribution in [3.63, 3.8) is 0 Å². The minimum absolute atomic E-state index is 0.254. The van der Waals surface area contributed by atoms with Crippen molar-refractivity contribution >= 4 is 5.91 Å². The topological polar surface area (TPSA) is 45.5 Å². The lowest BCUT2D eigenvalue weighted by atomic mass is 10.1. The van der Waals surface area contributed by atoms with Crippen molar-refractivity contribution in [3.8, 4) is 0 Å². The van der Waals surface area contributed by atoms with Crippen LogP contribution < -0.4 is 0 Å². The average Bonchev–Trinajstić information content (AvgIpc) is 2.75. The molecule has 1 aliphatic rings. The zero-order valence-electron chi connectivity index (χ0n) is 9.93. The summed E-state index contributed by atoms with van der Waals surface area (Å²) in [6.45, 7) is 0.360. The van der Waals surface area contributed by atoms with Gasteiger partial charge in [0.05, 0.1) is 12.6 Å². The van der Waals surface area contributed by atoms with Gasteiger partial charge < -0.3 is 14.6 Å². The van der Waals surface area contributed by atoms with Gasteiger partial charge in [0.25, 0.3) is 12.3 Å². The maximum absolute atomic E-state index is 12.4. The normalized spacial score (nSPS) is 20.4. The molecule has 0 aromatic carbocycles. The van der Waals surface area contributed by atoms with E-state index in [0.29, 0.717) is 13.0 Å². The Kier molecular flexibility index (Phi) is 3.96. The van der Waals surface area contributed by atoms with Crippen molar-refractivity contribution in [3.05, 3.63) is 24.0 Å². The van der Waals surface area contributed by atoms with Crippen LogP contribution in [0, 0.1) is 0 Å². The van der Waals surface area contributed by atoms with Crippen molar-refractivity contribution in [1.82, 2.24) is 9.47 Å². The molecule has 0 aliphatic carbocycles.